The van der Waals surface area contributed by atoms with Crippen LogP contribution in [0.1, 0.15) is 58.3 Å². The summed E-state index contributed by atoms with van der Waals surface area (Å²) in [7, 11) is -3.16. The molecule has 0 amide bonds. The Labute approximate surface area is 106 Å². The van der Waals surface area contributed by atoms with Crippen molar-refractivity contribution < 1.29 is 13.5 Å². The molecule has 2 N–H and O–H groups in total. The number of unbranched alkanes of at least 4 members (excludes halogenated alkanes) is 7. The second-order valence-corrected chi connectivity index (χ2v) is 6.34. The fourth-order valence-corrected chi connectivity index (χ4v) is 2.83. The Hall–Kier alpha value is -0.130. The van der Waals surface area contributed by atoms with Crippen LogP contribution in [0, 0.1) is 0 Å². The molecule has 0 radical (unpaired) electrons. The number of hydrogen-bond donors (Lipinski definition) is 2. The van der Waals surface area contributed by atoms with Crippen molar-refractivity contribution in [3.05, 3.63) is 0 Å². The fraction of sp³-hybridized carbons (Fsp3) is 1.00. The first kappa shape index (κ1) is 16.9. The van der Waals surface area contributed by atoms with E-state index in [9.17, 15) is 8.42 Å². The number of sulfonamides is 1. The number of aliphatic hydroxyl groups is 1. The van der Waals surface area contributed by atoms with Crippen molar-refractivity contribution in [2.75, 3.05) is 18.9 Å². The molecular formula is C12H27NO3S. The van der Waals surface area contributed by atoms with Crippen LogP contribution in [0.25, 0.3) is 0 Å². The smallest absolute Gasteiger partial charge is 0.211 e. The SMILES string of the molecule is CCCCCCCCCCS(=O)(=O)NCCO. The Balaban J connectivity index is 3.32. The lowest BCUT2D eigenvalue weighted by molar-refractivity contribution is 0.301. The molecule has 5 heteroatoms. The predicted octanol–water partition coefficient (Wildman–Crippen LogP) is 2.04. The van der Waals surface area contributed by atoms with E-state index < -0.39 is 10.0 Å². The van der Waals surface area contributed by atoms with Gasteiger partial charge in [0.2, 0.25) is 10.0 Å². The molecule has 0 aromatic carbocycles. The van der Waals surface area contributed by atoms with Crippen LogP contribution in [0.15, 0.2) is 0 Å². The van der Waals surface area contributed by atoms with E-state index in [-0.39, 0.29) is 18.9 Å². The van der Waals surface area contributed by atoms with Gasteiger partial charge in [0.05, 0.1) is 12.4 Å². The van der Waals surface area contributed by atoms with E-state index >= 15 is 0 Å². The van der Waals surface area contributed by atoms with Crippen molar-refractivity contribution in [1.82, 2.24) is 4.72 Å². The monoisotopic (exact) mass is 265 g/mol. The number of nitrogens with one attached hydrogen (secondary N) is 1. The summed E-state index contributed by atoms with van der Waals surface area (Å²) in [5.41, 5.74) is 0. The third-order valence-electron chi connectivity index (χ3n) is 2.70. The van der Waals surface area contributed by atoms with E-state index in [1.165, 1.54) is 32.1 Å². The molecule has 0 saturated carbocycles. The maximum atomic E-state index is 11.3. The Morgan fingerprint density at radius 2 is 1.47 bits per heavy atom. The minimum Gasteiger partial charge on any atom is -0.395 e. The van der Waals surface area contributed by atoms with Gasteiger partial charge in [-0.3, -0.25) is 0 Å². The van der Waals surface area contributed by atoms with Crippen LogP contribution in [0.2, 0.25) is 0 Å². The summed E-state index contributed by atoms with van der Waals surface area (Å²) in [4.78, 5) is 0. The van der Waals surface area contributed by atoms with E-state index in [0.717, 1.165) is 12.8 Å². The zero-order valence-corrected chi connectivity index (χ0v) is 11.8. The molecule has 0 aromatic heterocycles. The van der Waals surface area contributed by atoms with Gasteiger partial charge < -0.3 is 5.11 Å². The molecular weight excluding hydrogens is 238 g/mol. The molecule has 0 fully saturated rings. The third-order valence-corrected chi connectivity index (χ3v) is 4.17. The van der Waals surface area contributed by atoms with Crippen molar-refractivity contribution in [2.24, 2.45) is 0 Å². The largest absolute Gasteiger partial charge is 0.395 e. The Bertz CT molecular complexity index is 252. The Morgan fingerprint density at radius 3 is 2.00 bits per heavy atom. The molecule has 0 aliphatic heterocycles. The summed E-state index contributed by atoms with van der Waals surface area (Å²) in [6, 6.07) is 0. The molecule has 0 aliphatic carbocycles. The van der Waals surface area contributed by atoms with E-state index in [4.69, 9.17) is 5.11 Å². The van der Waals surface area contributed by atoms with Gasteiger partial charge in [-0.1, -0.05) is 51.9 Å². The highest BCUT2D eigenvalue weighted by Crippen LogP contribution is 2.08. The lowest BCUT2D eigenvalue weighted by Crippen LogP contribution is -2.28. The highest BCUT2D eigenvalue weighted by molar-refractivity contribution is 7.89. The van der Waals surface area contributed by atoms with Crippen molar-refractivity contribution in [2.45, 2.75) is 58.3 Å². The average Bonchev–Trinajstić information content (AvgIpc) is 2.30. The van der Waals surface area contributed by atoms with E-state index in [1.807, 2.05) is 0 Å². The van der Waals surface area contributed by atoms with Crippen molar-refractivity contribution in [3.8, 4) is 0 Å². The quantitative estimate of drug-likeness (QED) is 0.531. The lowest BCUT2D eigenvalue weighted by Gasteiger charge is -2.05. The molecule has 4 nitrogen and oxygen atoms in total. The summed E-state index contributed by atoms with van der Waals surface area (Å²) in [5, 5.41) is 8.52. The van der Waals surface area contributed by atoms with Crippen LogP contribution in [0.3, 0.4) is 0 Å². The van der Waals surface area contributed by atoms with Gasteiger partial charge in [-0.05, 0) is 6.42 Å². The molecule has 0 spiro atoms. The molecule has 0 bridgehead atoms. The first-order valence-corrected chi connectivity index (χ1v) is 8.36. The number of hydrogen-bond acceptors (Lipinski definition) is 3. The molecule has 0 rings (SSSR count). The first-order valence-electron chi connectivity index (χ1n) is 6.70. The molecule has 0 atom stereocenters. The molecule has 0 saturated heterocycles. The third kappa shape index (κ3) is 12.1. The average molecular weight is 265 g/mol. The minimum absolute atomic E-state index is 0.124. The maximum absolute atomic E-state index is 11.3. The molecule has 0 aliphatic rings. The van der Waals surface area contributed by atoms with E-state index in [0.29, 0.717) is 6.42 Å². The predicted molar refractivity (Wildman–Crippen MR) is 71.5 cm³/mol. The zero-order chi connectivity index (χ0) is 13.0. The van der Waals surface area contributed by atoms with Gasteiger partial charge >= 0.3 is 0 Å². The summed E-state index contributed by atoms with van der Waals surface area (Å²) >= 11 is 0. The van der Waals surface area contributed by atoms with Crippen LogP contribution in [-0.2, 0) is 10.0 Å². The second kappa shape index (κ2) is 11.0. The minimum atomic E-state index is -3.16. The number of rotatable bonds is 12. The Kier molecular flexibility index (Phi) is 10.9. The van der Waals surface area contributed by atoms with Crippen molar-refractivity contribution >= 4 is 10.0 Å². The maximum Gasteiger partial charge on any atom is 0.211 e. The molecule has 0 aromatic rings. The Morgan fingerprint density at radius 1 is 0.941 bits per heavy atom. The van der Waals surface area contributed by atoms with Crippen molar-refractivity contribution in [3.63, 3.8) is 0 Å². The summed E-state index contributed by atoms with van der Waals surface area (Å²) < 4.78 is 25.0. The second-order valence-electron chi connectivity index (χ2n) is 4.41. The first-order chi connectivity index (χ1) is 8.12. The van der Waals surface area contributed by atoms with Crippen LogP contribution in [0.4, 0.5) is 0 Å². The van der Waals surface area contributed by atoms with Gasteiger partial charge in [0.25, 0.3) is 0 Å². The van der Waals surface area contributed by atoms with Crippen LogP contribution < -0.4 is 4.72 Å². The standard InChI is InChI=1S/C12H27NO3S/c1-2-3-4-5-6-7-8-9-12-17(15,16)13-10-11-14/h13-14H,2-12H2,1H3. The fourth-order valence-electron chi connectivity index (χ4n) is 1.70. The van der Waals surface area contributed by atoms with Crippen LogP contribution >= 0.6 is 0 Å². The van der Waals surface area contributed by atoms with Gasteiger partial charge in [0, 0.05) is 6.54 Å². The normalized spacial score (nSPS) is 11.9. The summed E-state index contributed by atoms with van der Waals surface area (Å²) in [6.07, 6.45) is 9.16. The van der Waals surface area contributed by atoms with Gasteiger partial charge in [-0.25, -0.2) is 13.1 Å². The molecule has 0 heterocycles. The van der Waals surface area contributed by atoms with E-state index in [2.05, 4.69) is 11.6 Å². The van der Waals surface area contributed by atoms with Gasteiger partial charge in [-0.15, -0.1) is 0 Å². The summed E-state index contributed by atoms with van der Waals surface area (Å²) in [5.74, 6) is 0.182. The van der Waals surface area contributed by atoms with Crippen LogP contribution in [-0.4, -0.2) is 32.4 Å². The zero-order valence-electron chi connectivity index (χ0n) is 11.0. The van der Waals surface area contributed by atoms with Gasteiger partial charge in [-0.2, -0.15) is 0 Å². The topological polar surface area (TPSA) is 66.4 Å². The highest BCUT2D eigenvalue weighted by atomic mass is 32.2. The lowest BCUT2D eigenvalue weighted by atomic mass is 10.1. The molecule has 104 valence electrons. The molecule has 17 heavy (non-hydrogen) atoms. The van der Waals surface area contributed by atoms with Gasteiger partial charge in [0.15, 0.2) is 0 Å². The van der Waals surface area contributed by atoms with Crippen molar-refractivity contribution in [1.29, 1.82) is 0 Å². The molecule has 0 unspecified atom stereocenters. The number of aliphatic hydroxyl groups excluding tert-OH is 1. The van der Waals surface area contributed by atoms with E-state index in [1.54, 1.807) is 0 Å². The van der Waals surface area contributed by atoms with Gasteiger partial charge in [0.1, 0.15) is 0 Å². The highest BCUT2D eigenvalue weighted by Gasteiger charge is 2.07. The van der Waals surface area contributed by atoms with Crippen LogP contribution in [0.5, 0.6) is 0 Å². The summed E-state index contributed by atoms with van der Waals surface area (Å²) in [6.45, 7) is 2.18.